The zero-order chi connectivity index (χ0) is 52.2. The number of hydrogen-bond donors (Lipinski definition) is 9. The van der Waals surface area contributed by atoms with Gasteiger partial charge in [0.15, 0.2) is 0 Å². The maximum atomic E-state index is 13.1. The van der Waals surface area contributed by atoms with E-state index in [1.54, 1.807) is 7.11 Å². The van der Waals surface area contributed by atoms with Crippen molar-refractivity contribution < 1.29 is 44.9 Å². The molecule has 3 fully saturated rings. The van der Waals surface area contributed by atoms with Crippen LogP contribution < -0.4 is 16.0 Å². The van der Waals surface area contributed by atoms with Gasteiger partial charge in [-0.05, 0) is 169 Å². The van der Waals surface area contributed by atoms with Crippen LogP contribution in [0.25, 0.3) is 0 Å². The lowest BCUT2D eigenvalue weighted by molar-refractivity contribution is -0.194. The zero-order valence-corrected chi connectivity index (χ0v) is 44.4. The molecular formula is C61H89N3O9. The van der Waals surface area contributed by atoms with E-state index in [0.717, 1.165) is 86.5 Å². The van der Waals surface area contributed by atoms with Crippen LogP contribution in [-0.2, 0) is 27.1 Å². The van der Waals surface area contributed by atoms with Gasteiger partial charge in [0.25, 0.3) is 0 Å². The fourth-order valence-corrected chi connectivity index (χ4v) is 14.2. The highest BCUT2D eigenvalue weighted by atomic mass is 16.5. The number of fused-ring (bicyclic) bond motifs is 9. The molecule has 0 unspecified atom stereocenters. The highest BCUT2D eigenvalue weighted by Gasteiger charge is 2.68. The summed E-state index contributed by atoms with van der Waals surface area (Å²) in [4.78, 5) is 12.6. The molecule has 1 spiro atoms. The molecule has 2 aliphatic heterocycles. The van der Waals surface area contributed by atoms with E-state index in [9.17, 15) is 35.4 Å². The summed E-state index contributed by atoms with van der Waals surface area (Å²) in [5, 5.41) is 78.5. The van der Waals surface area contributed by atoms with Gasteiger partial charge < -0.3 is 56.1 Å². The summed E-state index contributed by atoms with van der Waals surface area (Å²) in [5.41, 5.74) is 5.50. The van der Waals surface area contributed by atoms with Crippen LogP contribution in [-0.4, -0.2) is 139 Å². The first-order valence-electron chi connectivity index (χ1n) is 27.6. The molecule has 1 aromatic carbocycles. The average molecular weight is 1010 g/mol. The lowest BCUT2D eigenvalue weighted by Gasteiger charge is -2.61. The molecule has 2 heterocycles. The predicted molar refractivity (Wildman–Crippen MR) is 288 cm³/mol. The molecule has 12 heteroatoms. The number of rotatable bonds is 18. The molecule has 0 saturated heterocycles. The molecule has 7 rings (SSSR count). The summed E-state index contributed by atoms with van der Waals surface area (Å²) in [6.07, 6.45) is 22.1. The molecule has 9 N–H and O–H groups in total. The number of β-amino-alcohol motifs (C(OH)–C–C–N with tert-alkyl or cyclic N) is 1. The van der Waals surface area contributed by atoms with Gasteiger partial charge in [0.2, 0.25) is 0 Å². The van der Waals surface area contributed by atoms with Crippen LogP contribution in [0.2, 0.25) is 0 Å². The number of aldehydes is 1. The van der Waals surface area contributed by atoms with Crippen molar-refractivity contribution in [3.63, 3.8) is 0 Å². The van der Waals surface area contributed by atoms with E-state index in [1.165, 1.54) is 16.7 Å². The Hall–Kier alpha value is -3.55. The van der Waals surface area contributed by atoms with E-state index in [-0.39, 0.29) is 49.0 Å². The third kappa shape index (κ3) is 13.4. The summed E-state index contributed by atoms with van der Waals surface area (Å²) in [5.74, 6) is 6.17. The lowest BCUT2D eigenvalue weighted by atomic mass is 9.45. The lowest BCUT2D eigenvalue weighted by Crippen LogP contribution is -2.65. The first kappa shape index (κ1) is 57.2. The number of ether oxygens (including phenoxy) is 2. The number of aliphatic hydroxyl groups is 6. The van der Waals surface area contributed by atoms with E-state index in [2.05, 4.69) is 83.8 Å². The van der Waals surface area contributed by atoms with Crippen molar-refractivity contribution in [2.45, 2.75) is 146 Å². The second kappa shape index (κ2) is 26.5. The zero-order valence-electron chi connectivity index (χ0n) is 44.4. The van der Waals surface area contributed by atoms with Crippen LogP contribution in [0.4, 0.5) is 0 Å². The number of carbonyl (C=O) groups excluding carboxylic acids is 1. The molecule has 0 aromatic heterocycles. The first-order valence-corrected chi connectivity index (χ1v) is 27.6. The van der Waals surface area contributed by atoms with Crippen molar-refractivity contribution in [1.29, 1.82) is 0 Å². The van der Waals surface area contributed by atoms with Crippen molar-refractivity contribution in [2.75, 3.05) is 66.8 Å². The molecule has 73 heavy (non-hydrogen) atoms. The summed E-state index contributed by atoms with van der Waals surface area (Å²) in [6, 6.07) is 7.22. The standard InChI is InChI=1S/C61H89N3O9/c1-41-16-17-48(31-45-28-44-11-6-7-15-53(68)36-63-52-14-9-13-51(32-52)59(64-35-41,24-27-72-5)33-46(29-44)30-45)42(2)10-8-12-50(39-73-40-54(69)38-67)55-20-22-61(58(55)70)57-47(21-26-65)18-19-49(56(57)43(3)37-66)34-60(61,71)23-25-62-4/h8,10,12,16,18-19,28-30,37,47-49,51-55,57-58,62-65,67-71H,2,7,9,13-15,17,20-27,31-36,38-40H2,1,3-5H3/b10-8+,41-16+,50-12-,56-43?/t47-,48+,49-,51+,52-,53-,54+,55-,57-,58+,59-,60+,61+/m0/s1. The summed E-state index contributed by atoms with van der Waals surface area (Å²) in [6.45, 7) is 10.7. The molecule has 8 bridgehead atoms. The Labute approximate surface area is 436 Å². The Balaban J connectivity index is 1.23. The van der Waals surface area contributed by atoms with Crippen molar-refractivity contribution in [2.24, 2.45) is 40.9 Å². The van der Waals surface area contributed by atoms with Gasteiger partial charge in [-0.2, -0.15) is 0 Å². The average Bonchev–Trinajstić information content (AvgIpc) is 3.73. The summed E-state index contributed by atoms with van der Waals surface area (Å²) >= 11 is 0. The van der Waals surface area contributed by atoms with Crippen LogP contribution in [0.1, 0.15) is 114 Å². The van der Waals surface area contributed by atoms with Crippen LogP contribution in [0.5, 0.6) is 0 Å². The van der Waals surface area contributed by atoms with Crippen LogP contribution in [0.15, 0.2) is 89.1 Å². The van der Waals surface area contributed by atoms with Crippen LogP contribution in [0.3, 0.4) is 0 Å². The second-order valence-electron chi connectivity index (χ2n) is 22.8. The van der Waals surface area contributed by atoms with Gasteiger partial charge in [-0.1, -0.05) is 84.1 Å². The monoisotopic (exact) mass is 1010 g/mol. The SMILES string of the molecule is C=C(/C=C/C=C(/COC[C@H](O)CO)[C@@H]1CC[C@]2([C@@H]1O)[C@@H]1C(=C(C)C=O)[C@@H](C=C[C@H]1CCO)C[C@]2(O)CCNC)[C@@H]1C/C=C(\C)CN[C@@]2(CCOC)Cc3cc(cc(c3)C1)C#CCC[C@H](O)CN[C@H]1CCC[C@@H]2C1. The fourth-order valence-electron chi connectivity index (χ4n) is 14.2. The number of allylic oxidation sites excluding steroid dienone is 9. The molecule has 13 atom stereocenters. The van der Waals surface area contributed by atoms with E-state index >= 15 is 0 Å². The number of benzene rings is 1. The maximum absolute atomic E-state index is 13.1. The van der Waals surface area contributed by atoms with Gasteiger partial charge in [-0.25, -0.2) is 0 Å². The number of nitrogens with one attached hydrogen (secondary N) is 3. The normalized spacial score (nSPS) is 35.8. The third-order valence-electron chi connectivity index (χ3n) is 18.0. The molecule has 1 aromatic rings. The maximum Gasteiger partial charge on any atom is 0.145 e. The van der Waals surface area contributed by atoms with Crippen LogP contribution in [0, 0.1) is 52.8 Å². The van der Waals surface area contributed by atoms with Crippen molar-refractivity contribution in [3.8, 4) is 11.8 Å². The van der Waals surface area contributed by atoms with Crippen LogP contribution >= 0.6 is 0 Å². The Kier molecular flexibility index (Phi) is 20.7. The molecule has 3 saturated carbocycles. The molecule has 4 aliphatic carbocycles. The van der Waals surface area contributed by atoms with E-state index < -0.39 is 41.9 Å². The van der Waals surface area contributed by atoms with Gasteiger partial charge in [-0.3, -0.25) is 4.79 Å². The second-order valence-corrected chi connectivity index (χ2v) is 22.8. The summed E-state index contributed by atoms with van der Waals surface area (Å²) < 4.78 is 11.9. The van der Waals surface area contributed by atoms with Crippen molar-refractivity contribution in [1.82, 2.24) is 16.0 Å². The Bertz CT molecular complexity index is 2260. The van der Waals surface area contributed by atoms with E-state index in [0.29, 0.717) is 82.2 Å². The number of aliphatic hydroxyl groups excluding tert-OH is 5. The quantitative estimate of drug-likeness (QED) is 0.0275. The van der Waals surface area contributed by atoms with Crippen molar-refractivity contribution >= 4 is 6.29 Å². The third-order valence-corrected chi connectivity index (χ3v) is 18.0. The van der Waals surface area contributed by atoms with Gasteiger partial charge in [0.1, 0.15) is 12.4 Å². The Morgan fingerprint density at radius 2 is 1.92 bits per heavy atom. The highest BCUT2D eigenvalue weighted by Crippen LogP contribution is 2.67. The largest absolute Gasteiger partial charge is 0.396 e. The molecule has 0 radical (unpaired) electrons. The highest BCUT2D eigenvalue weighted by molar-refractivity contribution is 5.74. The van der Waals surface area contributed by atoms with Gasteiger partial charge in [0, 0.05) is 74.2 Å². The molecular weight excluding hydrogens is 919 g/mol. The van der Waals surface area contributed by atoms with E-state index in [1.807, 2.05) is 26.1 Å². The topological polar surface area (TPSA) is 193 Å². The molecule has 12 nitrogen and oxygen atoms in total. The fraction of sp³-hybridized carbons (Fsp3) is 0.656. The number of methoxy groups -OCH3 is 1. The number of carbonyl (C=O) groups is 1. The van der Waals surface area contributed by atoms with Gasteiger partial charge in [0.05, 0.1) is 37.6 Å². The minimum absolute atomic E-state index is 0.0500. The molecule has 6 aliphatic rings. The van der Waals surface area contributed by atoms with Gasteiger partial charge >= 0.3 is 0 Å². The molecule has 402 valence electrons. The van der Waals surface area contributed by atoms with Crippen molar-refractivity contribution in [3.05, 3.63) is 106 Å². The Morgan fingerprint density at radius 3 is 2.68 bits per heavy atom. The number of hydrogen-bond acceptors (Lipinski definition) is 12. The first-order chi connectivity index (χ1) is 35.2. The smallest absolute Gasteiger partial charge is 0.145 e. The minimum atomic E-state index is -1.29. The van der Waals surface area contributed by atoms with Gasteiger partial charge in [-0.15, -0.1) is 0 Å². The minimum Gasteiger partial charge on any atom is -0.396 e. The Morgan fingerprint density at radius 1 is 1.10 bits per heavy atom. The summed E-state index contributed by atoms with van der Waals surface area (Å²) in [7, 11) is 3.65. The molecule has 0 amide bonds. The van der Waals surface area contributed by atoms with E-state index in [4.69, 9.17) is 9.47 Å². The predicted octanol–water partition coefficient (Wildman–Crippen LogP) is 5.98.